The molecule has 0 fully saturated rings. The van der Waals surface area contributed by atoms with Crippen LogP contribution in [0.15, 0.2) is 72.0 Å². The topological polar surface area (TPSA) is 128 Å². The first-order chi connectivity index (χ1) is 16.7. The largest absolute Gasteiger partial charge is 0.471 e. The molecule has 2 aromatic carbocycles. The molecule has 0 aliphatic carbocycles. The molecule has 0 saturated carbocycles. The van der Waals surface area contributed by atoms with Crippen LogP contribution in [0.1, 0.15) is 21.6 Å². The van der Waals surface area contributed by atoms with Crippen LogP contribution in [-0.2, 0) is 16.8 Å². The third-order valence-electron chi connectivity index (χ3n) is 4.86. The van der Waals surface area contributed by atoms with Gasteiger partial charge >= 0.3 is 0 Å². The molecule has 0 bridgehead atoms. The van der Waals surface area contributed by atoms with Crippen LogP contribution < -0.4 is 14.8 Å². The fourth-order valence-electron chi connectivity index (χ4n) is 3.13. The maximum Gasteiger partial charge on any atom is 0.276 e. The number of anilines is 2. The molecule has 2 heterocycles. The van der Waals surface area contributed by atoms with Gasteiger partial charge < -0.3 is 10.1 Å². The van der Waals surface area contributed by atoms with Crippen molar-refractivity contribution in [2.24, 2.45) is 0 Å². The van der Waals surface area contributed by atoms with Gasteiger partial charge in [-0.15, -0.1) is 0 Å². The van der Waals surface area contributed by atoms with Gasteiger partial charge in [0.1, 0.15) is 5.75 Å². The average Bonchev–Trinajstić information content (AvgIpc) is 3.31. The van der Waals surface area contributed by atoms with Crippen molar-refractivity contribution >= 4 is 39.2 Å². The molecule has 180 valence electrons. The summed E-state index contributed by atoms with van der Waals surface area (Å²) in [5, 5.41) is 7.60. The number of hydrogen-bond donors (Lipinski definition) is 2. The van der Waals surface area contributed by atoms with Gasteiger partial charge in [-0.05, 0) is 73.5 Å². The minimum Gasteiger partial charge on any atom is -0.471 e. The van der Waals surface area contributed by atoms with Crippen molar-refractivity contribution in [3.8, 4) is 5.75 Å². The Morgan fingerprint density at radius 3 is 2.37 bits per heavy atom. The van der Waals surface area contributed by atoms with Gasteiger partial charge in [-0.1, -0.05) is 11.6 Å². The lowest BCUT2D eigenvalue weighted by Gasteiger charge is -2.10. The highest BCUT2D eigenvalue weighted by atomic mass is 35.5. The Morgan fingerprint density at radius 2 is 1.71 bits per heavy atom. The molecular weight excluding hydrogens is 492 g/mol. The number of aryl methyl sites for hydroxylation is 2. The minimum atomic E-state index is -3.87. The summed E-state index contributed by atoms with van der Waals surface area (Å²) in [6, 6.07) is 12.5. The molecule has 1 amide bonds. The summed E-state index contributed by atoms with van der Waals surface area (Å²) in [4.78, 5) is 20.2. The number of rotatable bonds is 8. The molecule has 4 rings (SSSR count). The van der Waals surface area contributed by atoms with E-state index in [1.165, 1.54) is 41.3 Å². The lowest BCUT2D eigenvalue weighted by atomic mass is 10.1. The molecule has 0 aliphatic rings. The van der Waals surface area contributed by atoms with Gasteiger partial charge in [-0.3, -0.25) is 4.79 Å². The number of aromatic nitrogens is 4. The monoisotopic (exact) mass is 512 g/mol. The molecule has 0 aliphatic heterocycles. The Hall–Kier alpha value is -3.96. The van der Waals surface area contributed by atoms with Crippen LogP contribution >= 0.6 is 11.6 Å². The predicted octanol–water partition coefficient (Wildman–Crippen LogP) is 4.03. The van der Waals surface area contributed by atoms with E-state index in [0.717, 1.165) is 11.1 Å². The van der Waals surface area contributed by atoms with Gasteiger partial charge in [0, 0.05) is 29.3 Å². The number of nitrogens with zero attached hydrogens (tertiary/aromatic N) is 4. The van der Waals surface area contributed by atoms with Crippen LogP contribution in [-0.4, -0.2) is 34.1 Å². The maximum absolute atomic E-state index is 12.6. The van der Waals surface area contributed by atoms with Crippen molar-refractivity contribution in [2.45, 2.75) is 25.5 Å². The number of benzene rings is 2. The van der Waals surface area contributed by atoms with Crippen molar-refractivity contribution in [2.75, 3.05) is 10.0 Å². The van der Waals surface area contributed by atoms with Crippen LogP contribution in [0.3, 0.4) is 0 Å². The summed E-state index contributed by atoms with van der Waals surface area (Å²) in [6.07, 6.45) is 4.48. The Labute approximate surface area is 207 Å². The van der Waals surface area contributed by atoms with E-state index in [9.17, 15) is 13.2 Å². The van der Waals surface area contributed by atoms with Gasteiger partial charge in [0.15, 0.2) is 12.4 Å². The first-order valence-electron chi connectivity index (χ1n) is 10.4. The zero-order valence-electron chi connectivity index (χ0n) is 18.8. The first kappa shape index (κ1) is 24.2. The molecular formula is C23H21ClN6O4S. The number of sulfonamides is 1. The van der Waals surface area contributed by atoms with Gasteiger partial charge in [0.2, 0.25) is 5.95 Å². The number of amides is 1. The van der Waals surface area contributed by atoms with E-state index in [1.807, 2.05) is 26.0 Å². The Balaban J connectivity index is 1.36. The molecule has 0 radical (unpaired) electrons. The second-order valence-electron chi connectivity index (χ2n) is 7.54. The predicted molar refractivity (Wildman–Crippen MR) is 131 cm³/mol. The zero-order chi connectivity index (χ0) is 25.0. The number of nitrogens with one attached hydrogen (secondary N) is 2. The molecule has 0 unspecified atom stereocenters. The first-order valence-corrected chi connectivity index (χ1v) is 12.2. The second kappa shape index (κ2) is 10.1. The molecule has 4 aromatic rings. The Bertz CT molecular complexity index is 1430. The summed E-state index contributed by atoms with van der Waals surface area (Å²) in [5.41, 5.74) is 2.40. The van der Waals surface area contributed by atoms with Crippen molar-refractivity contribution in [1.29, 1.82) is 0 Å². The van der Waals surface area contributed by atoms with E-state index in [0.29, 0.717) is 16.5 Å². The average molecular weight is 513 g/mol. The summed E-state index contributed by atoms with van der Waals surface area (Å²) in [6.45, 7) is 3.90. The lowest BCUT2D eigenvalue weighted by Crippen LogP contribution is -2.16. The summed E-state index contributed by atoms with van der Waals surface area (Å²) >= 11 is 6.18. The van der Waals surface area contributed by atoms with E-state index in [2.05, 4.69) is 25.1 Å². The van der Waals surface area contributed by atoms with Crippen LogP contribution in [0.2, 0.25) is 5.02 Å². The van der Waals surface area contributed by atoms with Crippen molar-refractivity contribution in [1.82, 2.24) is 19.7 Å². The van der Waals surface area contributed by atoms with Gasteiger partial charge in [-0.2, -0.15) is 5.10 Å². The summed E-state index contributed by atoms with van der Waals surface area (Å²) < 4.78 is 34.5. The van der Waals surface area contributed by atoms with Crippen molar-refractivity contribution < 1.29 is 17.9 Å². The third-order valence-corrected chi connectivity index (χ3v) is 6.80. The normalized spacial score (nSPS) is 11.2. The maximum atomic E-state index is 12.6. The molecule has 0 spiro atoms. The Kier molecular flexibility index (Phi) is 6.99. The fraction of sp³-hybridized carbons (Fsp3) is 0.130. The van der Waals surface area contributed by atoms with Gasteiger partial charge in [0.25, 0.3) is 15.9 Å². The third kappa shape index (κ3) is 5.94. The fourth-order valence-corrected chi connectivity index (χ4v) is 4.20. The van der Waals surface area contributed by atoms with Gasteiger partial charge in [-0.25, -0.2) is 27.8 Å². The van der Waals surface area contributed by atoms with Gasteiger partial charge in [0.05, 0.1) is 4.90 Å². The lowest BCUT2D eigenvalue weighted by molar-refractivity contribution is 0.102. The number of hydrogen-bond acceptors (Lipinski definition) is 7. The molecule has 35 heavy (non-hydrogen) atoms. The van der Waals surface area contributed by atoms with E-state index in [4.69, 9.17) is 16.3 Å². The van der Waals surface area contributed by atoms with E-state index in [-0.39, 0.29) is 23.3 Å². The minimum absolute atomic E-state index is 0.00273. The molecule has 12 heteroatoms. The standard InChI is InChI=1S/C23H21ClN6O4S/c1-15-12-18(13-16(2)21(15)24)34-14-30-11-8-20(28-30)22(31)27-17-4-6-19(7-5-17)35(32,33)29-23-25-9-3-10-26-23/h3-13H,14H2,1-2H3,(H,27,31)(H,25,26,29). The molecule has 0 atom stereocenters. The van der Waals surface area contributed by atoms with Crippen LogP contribution in [0, 0.1) is 13.8 Å². The SMILES string of the molecule is Cc1cc(OCn2ccc(C(=O)Nc3ccc(S(=O)(=O)Nc4ncccn4)cc3)n2)cc(C)c1Cl. The number of ether oxygens (including phenoxy) is 1. The van der Waals surface area contributed by atoms with Crippen LogP contribution in [0.25, 0.3) is 0 Å². The number of carbonyl (C=O) groups excluding carboxylic acids is 1. The van der Waals surface area contributed by atoms with E-state index < -0.39 is 15.9 Å². The molecule has 2 N–H and O–H groups in total. The highest BCUT2D eigenvalue weighted by molar-refractivity contribution is 7.92. The smallest absolute Gasteiger partial charge is 0.276 e. The van der Waals surface area contributed by atoms with Crippen molar-refractivity contribution in [3.05, 3.63) is 89.0 Å². The van der Waals surface area contributed by atoms with Crippen LogP contribution in [0.5, 0.6) is 5.75 Å². The van der Waals surface area contributed by atoms with Crippen molar-refractivity contribution in [3.63, 3.8) is 0 Å². The summed E-state index contributed by atoms with van der Waals surface area (Å²) in [7, 11) is -3.87. The molecule has 2 aromatic heterocycles. The number of halogens is 1. The van der Waals surface area contributed by atoms with E-state index >= 15 is 0 Å². The zero-order valence-corrected chi connectivity index (χ0v) is 20.3. The highest BCUT2D eigenvalue weighted by Gasteiger charge is 2.16. The molecule has 0 saturated heterocycles. The second-order valence-corrected chi connectivity index (χ2v) is 9.60. The molecule has 10 nitrogen and oxygen atoms in total. The Morgan fingerprint density at radius 1 is 1.06 bits per heavy atom. The summed E-state index contributed by atoms with van der Waals surface area (Å²) in [5.74, 6) is 0.161. The quantitative estimate of drug-likeness (QED) is 0.364. The highest BCUT2D eigenvalue weighted by Crippen LogP contribution is 2.26. The number of carbonyl (C=O) groups is 1. The van der Waals surface area contributed by atoms with Crippen LogP contribution in [0.4, 0.5) is 11.6 Å². The van der Waals surface area contributed by atoms with E-state index in [1.54, 1.807) is 18.3 Å².